The zero-order valence-corrected chi connectivity index (χ0v) is 22.4. The van der Waals surface area contributed by atoms with Crippen LogP contribution in [-0.2, 0) is 14.8 Å². The number of amides is 1. The van der Waals surface area contributed by atoms with Gasteiger partial charge in [0.05, 0.1) is 32.4 Å². The van der Waals surface area contributed by atoms with Crippen molar-refractivity contribution in [3.63, 3.8) is 0 Å². The van der Waals surface area contributed by atoms with E-state index in [1.807, 2.05) is 19.9 Å². The molecule has 1 heterocycles. The highest BCUT2D eigenvalue weighted by molar-refractivity contribution is 7.92. The van der Waals surface area contributed by atoms with Gasteiger partial charge in [0.15, 0.2) is 11.5 Å². The summed E-state index contributed by atoms with van der Waals surface area (Å²) in [6.07, 6.45) is 2.58. The fourth-order valence-corrected chi connectivity index (χ4v) is 4.75. The lowest BCUT2D eigenvalue weighted by atomic mass is 10.1. The first kappa shape index (κ1) is 26.8. The first-order valence-electron chi connectivity index (χ1n) is 11.2. The van der Waals surface area contributed by atoms with E-state index < -0.39 is 22.5 Å². The predicted octanol–water partition coefficient (Wildman–Crippen LogP) is 3.64. The Bertz CT molecular complexity index is 1410. The van der Waals surface area contributed by atoms with E-state index in [9.17, 15) is 13.2 Å². The molecule has 0 fully saturated rings. The van der Waals surface area contributed by atoms with E-state index in [-0.39, 0.29) is 5.69 Å². The number of ether oxygens (including phenoxy) is 2. The number of aromatic nitrogens is 1. The lowest BCUT2D eigenvalue weighted by Gasteiger charge is -2.22. The minimum atomic E-state index is -3.76. The van der Waals surface area contributed by atoms with Crippen molar-refractivity contribution >= 4 is 27.8 Å². The minimum absolute atomic E-state index is 0.270. The summed E-state index contributed by atoms with van der Waals surface area (Å²) in [5, 5.41) is 4.07. The van der Waals surface area contributed by atoms with Crippen molar-refractivity contribution < 1.29 is 22.7 Å². The molecule has 0 unspecified atom stereocenters. The van der Waals surface area contributed by atoms with Crippen molar-refractivity contribution in [1.29, 1.82) is 0 Å². The zero-order valence-electron chi connectivity index (χ0n) is 21.6. The van der Waals surface area contributed by atoms with Gasteiger partial charge < -0.3 is 14.0 Å². The van der Waals surface area contributed by atoms with E-state index in [4.69, 9.17) is 9.47 Å². The Labute approximate surface area is 212 Å². The Balaban J connectivity index is 1.77. The molecule has 0 spiro atoms. The Morgan fingerprint density at radius 3 is 2.31 bits per heavy atom. The molecule has 3 rings (SSSR count). The van der Waals surface area contributed by atoms with Crippen LogP contribution in [-0.4, -0.2) is 52.1 Å². The van der Waals surface area contributed by atoms with E-state index >= 15 is 0 Å². The molecule has 36 heavy (non-hydrogen) atoms. The van der Waals surface area contributed by atoms with Gasteiger partial charge in [0.2, 0.25) is 10.0 Å². The number of aryl methyl sites for hydroxylation is 3. The van der Waals surface area contributed by atoms with Gasteiger partial charge in [-0.05, 0) is 69.2 Å². The van der Waals surface area contributed by atoms with Crippen LogP contribution in [0.5, 0.6) is 11.5 Å². The molecule has 1 amide bonds. The van der Waals surface area contributed by atoms with E-state index in [1.165, 1.54) is 31.4 Å². The van der Waals surface area contributed by atoms with Crippen molar-refractivity contribution in [3.8, 4) is 17.2 Å². The van der Waals surface area contributed by atoms with Crippen molar-refractivity contribution in [2.24, 2.45) is 5.10 Å². The van der Waals surface area contributed by atoms with Crippen LogP contribution in [0.1, 0.15) is 28.1 Å². The van der Waals surface area contributed by atoms with Crippen molar-refractivity contribution in [3.05, 3.63) is 70.5 Å². The van der Waals surface area contributed by atoms with Crippen LogP contribution >= 0.6 is 0 Å². The van der Waals surface area contributed by atoms with Crippen LogP contribution in [0.3, 0.4) is 0 Å². The van der Waals surface area contributed by atoms with Gasteiger partial charge in [0.25, 0.3) is 5.91 Å². The maximum Gasteiger partial charge on any atom is 0.260 e. The number of carbonyl (C=O) groups excluding carboxylic acids is 1. The van der Waals surface area contributed by atoms with Crippen LogP contribution in [0.15, 0.2) is 47.6 Å². The summed E-state index contributed by atoms with van der Waals surface area (Å²) in [6.45, 7) is 7.68. The van der Waals surface area contributed by atoms with Gasteiger partial charge in [-0.3, -0.25) is 9.10 Å². The fraction of sp³-hybridized carbons (Fsp3) is 0.308. The maximum absolute atomic E-state index is 12.6. The third-order valence-electron chi connectivity index (χ3n) is 5.95. The van der Waals surface area contributed by atoms with Gasteiger partial charge in [-0.25, -0.2) is 13.8 Å². The molecule has 1 aromatic heterocycles. The van der Waals surface area contributed by atoms with Crippen molar-refractivity contribution in [1.82, 2.24) is 9.99 Å². The zero-order chi connectivity index (χ0) is 26.6. The van der Waals surface area contributed by atoms with Gasteiger partial charge in [0, 0.05) is 28.7 Å². The van der Waals surface area contributed by atoms with Crippen molar-refractivity contribution in [2.45, 2.75) is 27.7 Å². The third-order valence-corrected chi connectivity index (χ3v) is 7.10. The number of methoxy groups -OCH3 is 2. The number of benzene rings is 2. The number of rotatable bonds is 9. The number of hydrazone groups is 1. The number of hydrogen-bond donors (Lipinski definition) is 1. The summed E-state index contributed by atoms with van der Waals surface area (Å²) in [6, 6.07) is 12.9. The topological polar surface area (TPSA) is 102 Å². The lowest BCUT2D eigenvalue weighted by molar-refractivity contribution is -0.119. The first-order chi connectivity index (χ1) is 17.0. The maximum atomic E-state index is 12.6. The highest BCUT2D eigenvalue weighted by Gasteiger charge is 2.22. The summed E-state index contributed by atoms with van der Waals surface area (Å²) < 4.78 is 38.4. The van der Waals surface area contributed by atoms with Gasteiger partial charge in [-0.1, -0.05) is 6.07 Å². The molecule has 0 radical (unpaired) electrons. The standard InChI is InChI=1S/C26H32N4O5S/c1-17-8-9-23(12-18(17)2)30-19(3)13-21(20(30)4)15-27-28-26(31)16-29(36(7,32)33)22-10-11-24(34-5)25(14-22)35-6/h8-15H,16H2,1-7H3,(H,28,31)/b27-15-. The molecule has 1 N–H and O–H groups in total. The van der Waals surface area contributed by atoms with E-state index in [2.05, 4.69) is 47.1 Å². The molecule has 2 aromatic carbocycles. The van der Waals surface area contributed by atoms with Crippen LogP contribution in [0.25, 0.3) is 5.69 Å². The molecule has 192 valence electrons. The van der Waals surface area contributed by atoms with Crippen LogP contribution in [0.2, 0.25) is 0 Å². The second-order valence-electron chi connectivity index (χ2n) is 8.53. The number of hydrogen-bond acceptors (Lipinski definition) is 6. The molecule has 0 saturated heterocycles. The molecule has 0 aliphatic rings. The monoisotopic (exact) mass is 512 g/mol. The summed E-state index contributed by atoms with van der Waals surface area (Å²) in [5.41, 5.74) is 9.01. The fourth-order valence-electron chi connectivity index (χ4n) is 3.90. The molecular formula is C26H32N4O5S. The van der Waals surface area contributed by atoms with Crippen LogP contribution < -0.4 is 19.2 Å². The number of sulfonamides is 1. The molecular weight excluding hydrogens is 480 g/mol. The van der Waals surface area contributed by atoms with E-state index in [0.29, 0.717) is 11.5 Å². The second kappa shape index (κ2) is 10.9. The van der Waals surface area contributed by atoms with Crippen LogP contribution in [0.4, 0.5) is 5.69 Å². The number of anilines is 1. The van der Waals surface area contributed by atoms with E-state index in [1.54, 1.807) is 18.3 Å². The highest BCUT2D eigenvalue weighted by atomic mass is 32.2. The largest absolute Gasteiger partial charge is 0.493 e. The summed E-state index contributed by atoms with van der Waals surface area (Å²) >= 11 is 0. The SMILES string of the molecule is COc1ccc(N(CC(=O)N/N=C\c2cc(C)n(-c3ccc(C)c(C)c3)c2C)S(C)(=O)=O)cc1OC. The molecule has 10 heteroatoms. The summed E-state index contributed by atoms with van der Waals surface area (Å²) in [5.74, 6) is 0.206. The number of carbonyl (C=O) groups is 1. The molecule has 0 bridgehead atoms. The number of nitrogens with zero attached hydrogens (tertiary/aromatic N) is 3. The highest BCUT2D eigenvalue weighted by Crippen LogP contribution is 2.32. The molecule has 9 nitrogen and oxygen atoms in total. The first-order valence-corrected chi connectivity index (χ1v) is 13.1. The molecule has 0 atom stereocenters. The van der Waals surface area contributed by atoms with Gasteiger partial charge in [-0.2, -0.15) is 5.10 Å². The predicted molar refractivity (Wildman–Crippen MR) is 142 cm³/mol. The Morgan fingerprint density at radius 2 is 1.69 bits per heavy atom. The second-order valence-corrected chi connectivity index (χ2v) is 10.4. The third kappa shape index (κ3) is 5.88. The van der Waals surface area contributed by atoms with Gasteiger partial charge in [-0.15, -0.1) is 0 Å². The summed E-state index contributed by atoms with van der Waals surface area (Å²) in [4.78, 5) is 12.6. The van der Waals surface area contributed by atoms with Crippen LogP contribution in [0, 0.1) is 27.7 Å². The average molecular weight is 513 g/mol. The quantitative estimate of drug-likeness (QED) is 0.348. The lowest BCUT2D eigenvalue weighted by Crippen LogP contribution is -2.39. The molecule has 0 aliphatic heterocycles. The Hall–Kier alpha value is -3.79. The van der Waals surface area contributed by atoms with E-state index in [0.717, 1.165) is 33.2 Å². The normalized spacial score (nSPS) is 11.5. The smallest absolute Gasteiger partial charge is 0.260 e. The Morgan fingerprint density at radius 1 is 1.00 bits per heavy atom. The molecule has 0 aliphatic carbocycles. The van der Waals surface area contributed by atoms with Crippen molar-refractivity contribution in [2.75, 3.05) is 31.3 Å². The molecule has 0 saturated carbocycles. The Kier molecular flexibility index (Phi) is 8.09. The summed E-state index contributed by atoms with van der Waals surface area (Å²) in [7, 11) is -0.828. The molecule has 3 aromatic rings. The van der Waals surface area contributed by atoms with Gasteiger partial charge in [0.1, 0.15) is 6.54 Å². The van der Waals surface area contributed by atoms with Gasteiger partial charge >= 0.3 is 0 Å². The average Bonchev–Trinajstić information content (AvgIpc) is 3.11. The minimum Gasteiger partial charge on any atom is -0.493 e. The number of nitrogens with one attached hydrogen (secondary N) is 1.